The standard InChI is InChI=1S/C12H18N2O6S/c1-2-5-13-21(19,20)14-9(12(17)18)6-8-3-4-10(15)11(16)7-8/h3-4,7,9,13-16H,2,5-6H2,1H3,(H,17,18). The number of carbonyl (C=O) groups is 1. The topological polar surface area (TPSA) is 136 Å². The molecule has 1 aromatic rings. The maximum atomic E-state index is 11.6. The van der Waals surface area contributed by atoms with Crippen molar-refractivity contribution >= 4 is 16.2 Å². The molecule has 1 unspecified atom stereocenters. The molecule has 5 N–H and O–H groups in total. The van der Waals surface area contributed by atoms with Crippen LogP contribution in [0.15, 0.2) is 18.2 Å². The number of carboxylic acid groups (broad SMARTS) is 1. The van der Waals surface area contributed by atoms with Gasteiger partial charge in [0, 0.05) is 6.54 Å². The van der Waals surface area contributed by atoms with Gasteiger partial charge in [0.2, 0.25) is 0 Å². The van der Waals surface area contributed by atoms with Crippen molar-refractivity contribution in [1.29, 1.82) is 0 Å². The lowest BCUT2D eigenvalue weighted by atomic mass is 10.1. The van der Waals surface area contributed by atoms with E-state index in [0.717, 1.165) is 0 Å². The highest BCUT2D eigenvalue weighted by molar-refractivity contribution is 7.87. The number of rotatable bonds is 8. The van der Waals surface area contributed by atoms with Crippen LogP contribution in [0.1, 0.15) is 18.9 Å². The van der Waals surface area contributed by atoms with Gasteiger partial charge in [0.1, 0.15) is 6.04 Å². The molecule has 0 heterocycles. The van der Waals surface area contributed by atoms with Crippen LogP contribution in [0.5, 0.6) is 11.5 Å². The third kappa shape index (κ3) is 5.58. The van der Waals surface area contributed by atoms with E-state index in [0.29, 0.717) is 12.0 Å². The van der Waals surface area contributed by atoms with Crippen molar-refractivity contribution in [3.05, 3.63) is 23.8 Å². The molecule has 0 saturated heterocycles. The highest BCUT2D eigenvalue weighted by Gasteiger charge is 2.24. The van der Waals surface area contributed by atoms with E-state index in [1.165, 1.54) is 18.2 Å². The molecule has 0 aliphatic heterocycles. The Morgan fingerprint density at radius 3 is 2.48 bits per heavy atom. The van der Waals surface area contributed by atoms with Gasteiger partial charge in [-0.1, -0.05) is 13.0 Å². The number of carboxylic acids is 1. The van der Waals surface area contributed by atoms with E-state index in [2.05, 4.69) is 4.72 Å². The third-order valence-electron chi connectivity index (χ3n) is 2.62. The van der Waals surface area contributed by atoms with Gasteiger partial charge in [0.05, 0.1) is 0 Å². The number of nitrogens with one attached hydrogen (secondary N) is 2. The molecule has 21 heavy (non-hydrogen) atoms. The van der Waals surface area contributed by atoms with Crippen LogP contribution in [0.4, 0.5) is 0 Å². The van der Waals surface area contributed by atoms with Crippen LogP contribution in [0, 0.1) is 0 Å². The van der Waals surface area contributed by atoms with Gasteiger partial charge in [-0.25, -0.2) is 4.72 Å². The van der Waals surface area contributed by atoms with Gasteiger partial charge in [-0.3, -0.25) is 4.79 Å². The quantitative estimate of drug-likeness (QED) is 0.426. The van der Waals surface area contributed by atoms with Crippen LogP contribution in [0.3, 0.4) is 0 Å². The smallest absolute Gasteiger partial charge is 0.322 e. The number of phenols is 2. The van der Waals surface area contributed by atoms with E-state index in [9.17, 15) is 23.4 Å². The van der Waals surface area contributed by atoms with Gasteiger partial charge in [-0.05, 0) is 30.5 Å². The van der Waals surface area contributed by atoms with Crippen LogP contribution in [-0.4, -0.2) is 42.3 Å². The first-order valence-corrected chi connectivity index (χ1v) is 7.74. The maximum Gasteiger partial charge on any atom is 0.322 e. The minimum absolute atomic E-state index is 0.170. The summed E-state index contributed by atoms with van der Waals surface area (Å²) in [6.45, 7) is 1.97. The van der Waals surface area contributed by atoms with E-state index in [-0.39, 0.29) is 18.7 Å². The molecule has 1 aromatic carbocycles. The Labute approximate surface area is 122 Å². The van der Waals surface area contributed by atoms with Crippen molar-refractivity contribution in [3.8, 4) is 11.5 Å². The maximum absolute atomic E-state index is 11.6. The predicted molar refractivity (Wildman–Crippen MR) is 75.2 cm³/mol. The Bertz CT molecular complexity index is 602. The van der Waals surface area contributed by atoms with E-state index in [1.807, 2.05) is 4.72 Å². The fourth-order valence-electron chi connectivity index (χ4n) is 1.58. The molecule has 118 valence electrons. The normalized spacial score (nSPS) is 13.0. The summed E-state index contributed by atoms with van der Waals surface area (Å²) in [5, 5.41) is 27.6. The molecule has 0 aromatic heterocycles. The Morgan fingerprint density at radius 2 is 1.95 bits per heavy atom. The SMILES string of the molecule is CCCNS(=O)(=O)NC(Cc1ccc(O)c(O)c1)C(=O)O. The highest BCUT2D eigenvalue weighted by Crippen LogP contribution is 2.25. The first kappa shape index (κ1) is 17.2. The predicted octanol–water partition coefficient (Wildman–Crippen LogP) is -0.0725. The zero-order valence-electron chi connectivity index (χ0n) is 11.4. The van der Waals surface area contributed by atoms with Crippen molar-refractivity contribution in [2.75, 3.05) is 6.54 Å². The molecule has 0 spiro atoms. The lowest BCUT2D eigenvalue weighted by molar-refractivity contribution is -0.138. The van der Waals surface area contributed by atoms with Gasteiger partial charge in [0.15, 0.2) is 11.5 Å². The third-order valence-corrected chi connectivity index (χ3v) is 3.80. The molecule has 1 atom stereocenters. The number of hydrogen-bond donors (Lipinski definition) is 5. The zero-order valence-corrected chi connectivity index (χ0v) is 12.2. The lowest BCUT2D eigenvalue weighted by Crippen LogP contribution is -2.47. The van der Waals surface area contributed by atoms with Crippen molar-refractivity contribution in [2.24, 2.45) is 0 Å². The Hall–Kier alpha value is -1.84. The molecular weight excluding hydrogens is 300 g/mol. The van der Waals surface area contributed by atoms with Gasteiger partial charge in [0.25, 0.3) is 10.2 Å². The molecule has 1 rings (SSSR count). The minimum atomic E-state index is -3.92. The number of hydrogen-bond acceptors (Lipinski definition) is 5. The molecule has 0 bridgehead atoms. The summed E-state index contributed by atoms with van der Waals surface area (Å²) in [5.41, 5.74) is 0.371. The van der Waals surface area contributed by atoms with E-state index in [4.69, 9.17) is 5.11 Å². The molecular formula is C12H18N2O6S. The largest absolute Gasteiger partial charge is 0.504 e. The summed E-state index contributed by atoms with van der Waals surface area (Å²) in [5.74, 6) is -2.08. The highest BCUT2D eigenvalue weighted by atomic mass is 32.2. The number of phenolic OH excluding ortho intramolecular Hbond substituents is 2. The minimum Gasteiger partial charge on any atom is -0.504 e. The second-order valence-electron chi connectivity index (χ2n) is 4.43. The van der Waals surface area contributed by atoms with Crippen LogP contribution in [0.2, 0.25) is 0 Å². The van der Waals surface area contributed by atoms with Crippen LogP contribution < -0.4 is 9.44 Å². The molecule has 0 fully saturated rings. The summed E-state index contributed by atoms with van der Waals surface area (Å²) in [4.78, 5) is 11.1. The fraction of sp³-hybridized carbons (Fsp3) is 0.417. The van der Waals surface area contributed by atoms with Crippen molar-refractivity contribution < 1.29 is 28.5 Å². The summed E-state index contributed by atoms with van der Waals surface area (Å²) in [6.07, 6.45) is 0.403. The van der Waals surface area contributed by atoms with Crippen LogP contribution in [-0.2, 0) is 21.4 Å². The molecule has 0 aliphatic rings. The monoisotopic (exact) mass is 318 g/mol. The Morgan fingerprint density at radius 1 is 1.29 bits per heavy atom. The molecule has 0 amide bonds. The Balaban J connectivity index is 2.83. The van der Waals surface area contributed by atoms with Crippen LogP contribution in [0.25, 0.3) is 0 Å². The lowest BCUT2D eigenvalue weighted by Gasteiger charge is -2.15. The van der Waals surface area contributed by atoms with Crippen molar-refractivity contribution in [3.63, 3.8) is 0 Å². The van der Waals surface area contributed by atoms with Gasteiger partial charge in [-0.2, -0.15) is 13.1 Å². The number of aromatic hydroxyl groups is 2. The number of benzene rings is 1. The molecule has 0 saturated carbocycles. The average Bonchev–Trinajstić information content (AvgIpc) is 2.39. The average molecular weight is 318 g/mol. The molecule has 0 aliphatic carbocycles. The van der Waals surface area contributed by atoms with E-state index >= 15 is 0 Å². The second-order valence-corrected chi connectivity index (χ2v) is 5.96. The molecule has 8 nitrogen and oxygen atoms in total. The number of aliphatic carboxylic acids is 1. The van der Waals surface area contributed by atoms with Gasteiger partial charge in [-0.15, -0.1) is 0 Å². The summed E-state index contributed by atoms with van der Waals surface area (Å²) < 4.78 is 27.5. The first-order chi connectivity index (χ1) is 9.75. The van der Waals surface area contributed by atoms with E-state index in [1.54, 1.807) is 6.92 Å². The van der Waals surface area contributed by atoms with Gasteiger partial charge >= 0.3 is 5.97 Å². The van der Waals surface area contributed by atoms with Crippen molar-refractivity contribution in [2.45, 2.75) is 25.8 Å². The first-order valence-electron chi connectivity index (χ1n) is 6.25. The Kier molecular flexibility index (Phi) is 5.94. The molecule has 0 radical (unpaired) electrons. The van der Waals surface area contributed by atoms with Crippen LogP contribution >= 0.6 is 0 Å². The van der Waals surface area contributed by atoms with E-state index < -0.39 is 28.0 Å². The summed E-state index contributed by atoms with van der Waals surface area (Å²) in [7, 11) is -3.92. The summed E-state index contributed by atoms with van der Waals surface area (Å²) >= 11 is 0. The van der Waals surface area contributed by atoms with Crippen molar-refractivity contribution in [1.82, 2.24) is 9.44 Å². The summed E-state index contributed by atoms with van der Waals surface area (Å²) in [6, 6.07) is 2.40. The second kappa shape index (κ2) is 7.25. The van der Waals surface area contributed by atoms with Gasteiger partial charge < -0.3 is 15.3 Å². The fourth-order valence-corrected chi connectivity index (χ4v) is 2.69. The molecule has 9 heteroatoms. The zero-order chi connectivity index (χ0) is 16.0.